The van der Waals surface area contributed by atoms with Crippen LogP contribution in [0.5, 0.6) is 0 Å². The molecule has 1 aliphatic heterocycles. The number of hydrogen-bond acceptors (Lipinski definition) is 4. The number of rotatable bonds is 8. The molecule has 0 radical (unpaired) electrons. The lowest BCUT2D eigenvalue weighted by Gasteiger charge is -2.20. The maximum absolute atomic E-state index is 12.5. The average Bonchev–Trinajstić information content (AvgIpc) is 2.87. The molecule has 0 saturated carbocycles. The first-order valence-corrected chi connectivity index (χ1v) is 8.61. The van der Waals surface area contributed by atoms with E-state index in [9.17, 15) is 19.2 Å². The molecule has 1 saturated heterocycles. The standard InChI is InChI=1S/C17H20ClN3O5/c1-2-9-20(10-15(23)24)14(22)8-7-13-16(25)21(17(26)19-13)12-5-3-11(18)4-6-12/h3-6,13H,2,7-10H2,1H3,(H,19,26)(H,23,24). The van der Waals surface area contributed by atoms with Crippen molar-refractivity contribution < 1.29 is 24.3 Å². The van der Waals surface area contributed by atoms with Crippen LogP contribution in [0.3, 0.4) is 0 Å². The van der Waals surface area contributed by atoms with E-state index in [-0.39, 0.29) is 25.3 Å². The Hall–Kier alpha value is -2.61. The maximum atomic E-state index is 12.5. The Morgan fingerprint density at radius 1 is 1.27 bits per heavy atom. The van der Waals surface area contributed by atoms with E-state index in [0.717, 1.165) is 4.90 Å². The van der Waals surface area contributed by atoms with E-state index < -0.39 is 23.9 Å². The molecule has 1 atom stereocenters. The molecule has 4 amide bonds. The number of aliphatic carboxylic acids is 1. The molecule has 1 fully saturated rings. The van der Waals surface area contributed by atoms with Crippen LogP contribution in [0.4, 0.5) is 10.5 Å². The monoisotopic (exact) mass is 381 g/mol. The van der Waals surface area contributed by atoms with Gasteiger partial charge in [-0.1, -0.05) is 18.5 Å². The van der Waals surface area contributed by atoms with Crippen LogP contribution in [-0.2, 0) is 14.4 Å². The smallest absolute Gasteiger partial charge is 0.329 e. The van der Waals surface area contributed by atoms with Crippen molar-refractivity contribution in [2.75, 3.05) is 18.0 Å². The van der Waals surface area contributed by atoms with E-state index in [1.165, 1.54) is 4.90 Å². The van der Waals surface area contributed by atoms with Crippen molar-refractivity contribution in [3.63, 3.8) is 0 Å². The summed E-state index contributed by atoms with van der Waals surface area (Å²) in [6.45, 7) is 1.79. The predicted molar refractivity (Wildman–Crippen MR) is 95.0 cm³/mol. The second-order valence-corrected chi connectivity index (χ2v) is 6.34. The molecule has 8 nitrogen and oxygen atoms in total. The molecule has 0 spiro atoms. The van der Waals surface area contributed by atoms with Crippen LogP contribution < -0.4 is 10.2 Å². The quantitative estimate of drug-likeness (QED) is 0.668. The van der Waals surface area contributed by atoms with Crippen LogP contribution >= 0.6 is 11.6 Å². The van der Waals surface area contributed by atoms with E-state index in [0.29, 0.717) is 23.7 Å². The number of anilines is 1. The van der Waals surface area contributed by atoms with Crippen molar-refractivity contribution in [2.45, 2.75) is 32.2 Å². The lowest BCUT2D eigenvalue weighted by Crippen LogP contribution is -2.38. The zero-order valence-electron chi connectivity index (χ0n) is 14.3. The fraction of sp³-hybridized carbons (Fsp3) is 0.412. The summed E-state index contributed by atoms with van der Waals surface area (Å²) < 4.78 is 0. The number of carbonyl (C=O) groups excluding carboxylic acids is 3. The maximum Gasteiger partial charge on any atom is 0.329 e. The molecule has 2 N–H and O–H groups in total. The second kappa shape index (κ2) is 8.66. The first kappa shape index (κ1) is 19.7. The average molecular weight is 382 g/mol. The van der Waals surface area contributed by atoms with Crippen molar-refractivity contribution in [2.24, 2.45) is 0 Å². The Kier molecular flexibility index (Phi) is 6.57. The van der Waals surface area contributed by atoms with Crippen molar-refractivity contribution in [1.29, 1.82) is 0 Å². The number of urea groups is 1. The van der Waals surface area contributed by atoms with Crippen LogP contribution in [0.15, 0.2) is 24.3 Å². The van der Waals surface area contributed by atoms with Crippen molar-refractivity contribution in [3.8, 4) is 0 Å². The molecule has 0 bridgehead atoms. The van der Waals surface area contributed by atoms with E-state index in [4.69, 9.17) is 16.7 Å². The van der Waals surface area contributed by atoms with E-state index >= 15 is 0 Å². The van der Waals surface area contributed by atoms with Crippen molar-refractivity contribution in [3.05, 3.63) is 29.3 Å². The fourth-order valence-electron chi connectivity index (χ4n) is 2.71. The minimum absolute atomic E-state index is 0.0293. The topological polar surface area (TPSA) is 107 Å². The molecule has 0 aliphatic carbocycles. The number of amides is 4. The first-order valence-electron chi connectivity index (χ1n) is 8.23. The molecule has 1 aromatic rings. The molecule has 1 aromatic carbocycles. The van der Waals surface area contributed by atoms with Crippen molar-refractivity contribution >= 4 is 41.1 Å². The number of hydrogen-bond donors (Lipinski definition) is 2. The van der Waals surface area contributed by atoms with Crippen LogP contribution in [0.2, 0.25) is 5.02 Å². The third-order valence-electron chi connectivity index (χ3n) is 3.92. The Balaban J connectivity index is 1.99. The van der Waals surface area contributed by atoms with Crippen LogP contribution in [0.25, 0.3) is 0 Å². The van der Waals surface area contributed by atoms with Gasteiger partial charge in [-0.2, -0.15) is 0 Å². The SMILES string of the molecule is CCCN(CC(=O)O)C(=O)CCC1NC(=O)N(c2ccc(Cl)cc2)C1=O. The zero-order chi connectivity index (χ0) is 19.3. The van der Waals surface area contributed by atoms with E-state index in [1.54, 1.807) is 24.3 Å². The van der Waals surface area contributed by atoms with Crippen molar-refractivity contribution in [1.82, 2.24) is 10.2 Å². The Morgan fingerprint density at radius 2 is 1.92 bits per heavy atom. The molecular formula is C17H20ClN3O5. The normalized spacial score (nSPS) is 16.5. The minimum atomic E-state index is -1.09. The van der Waals surface area contributed by atoms with Gasteiger partial charge in [-0.3, -0.25) is 14.4 Å². The van der Waals surface area contributed by atoms with Gasteiger partial charge < -0.3 is 15.3 Å². The number of imide groups is 1. The number of benzene rings is 1. The number of carbonyl (C=O) groups is 4. The Labute approximate surface area is 155 Å². The molecule has 26 heavy (non-hydrogen) atoms. The Morgan fingerprint density at radius 3 is 2.50 bits per heavy atom. The number of nitrogens with zero attached hydrogens (tertiary/aromatic N) is 2. The minimum Gasteiger partial charge on any atom is -0.480 e. The fourth-order valence-corrected chi connectivity index (χ4v) is 2.84. The highest BCUT2D eigenvalue weighted by molar-refractivity contribution is 6.30. The van der Waals surface area contributed by atoms with Gasteiger partial charge in [0.15, 0.2) is 0 Å². The van der Waals surface area contributed by atoms with Gasteiger partial charge in [-0.15, -0.1) is 0 Å². The number of halogens is 1. The van der Waals surface area contributed by atoms with Gasteiger partial charge in [-0.25, -0.2) is 9.69 Å². The molecule has 1 heterocycles. The van der Waals surface area contributed by atoms with Gasteiger partial charge in [0.25, 0.3) is 5.91 Å². The third-order valence-corrected chi connectivity index (χ3v) is 4.18. The molecule has 1 aliphatic rings. The molecular weight excluding hydrogens is 362 g/mol. The highest BCUT2D eigenvalue weighted by Gasteiger charge is 2.39. The summed E-state index contributed by atoms with van der Waals surface area (Å²) in [7, 11) is 0. The zero-order valence-corrected chi connectivity index (χ0v) is 15.0. The van der Waals surface area contributed by atoms with Gasteiger partial charge in [-0.05, 0) is 37.1 Å². The summed E-state index contributed by atoms with van der Waals surface area (Å²) in [6.07, 6.45) is 0.703. The summed E-state index contributed by atoms with van der Waals surface area (Å²) in [6, 6.07) is 4.87. The largest absolute Gasteiger partial charge is 0.480 e. The molecule has 140 valence electrons. The molecule has 2 rings (SSSR count). The lowest BCUT2D eigenvalue weighted by molar-refractivity contribution is -0.144. The number of carboxylic acid groups (broad SMARTS) is 1. The van der Waals surface area contributed by atoms with Crippen LogP contribution in [0.1, 0.15) is 26.2 Å². The number of nitrogens with one attached hydrogen (secondary N) is 1. The number of carboxylic acids is 1. The lowest BCUT2D eigenvalue weighted by atomic mass is 10.1. The second-order valence-electron chi connectivity index (χ2n) is 5.90. The predicted octanol–water partition coefficient (Wildman–Crippen LogP) is 1.87. The summed E-state index contributed by atoms with van der Waals surface area (Å²) in [5, 5.41) is 11.9. The Bertz CT molecular complexity index is 707. The first-order chi connectivity index (χ1) is 12.3. The van der Waals surface area contributed by atoms with Crippen LogP contribution in [0, 0.1) is 0 Å². The molecule has 1 unspecified atom stereocenters. The highest BCUT2D eigenvalue weighted by Crippen LogP contribution is 2.23. The molecule has 0 aromatic heterocycles. The summed E-state index contributed by atoms with van der Waals surface area (Å²) in [4.78, 5) is 49.9. The van der Waals surface area contributed by atoms with Crippen LogP contribution in [-0.4, -0.2) is 53.0 Å². The van der Waals surface area contributed by atoms with Gasteiger partial charge in [0.05, 0.1) is 5.69 Å². The summed E-state index contributed by atoms with van der Waals surface area (Å²) in [5.41, 5.74) is 0.393. The highest BCUT2D eigenvalue weighted by atomic mass is 35.5. The van der Waals surface area contributed by atoms with Gasteiger partial charge in [0.1, 0.15) is 12.6 Å². The summed E-state index contributed by atoms with van der Waals surface area (Å²) >= 11 is 5.81. The molecule has 9 heteroatoms. The summed E-state index contributed by atoms with van der Waals surface area (Å²) in [5.74, 6) is -1.91. The van der Waals surface area contributed by atoms with E-state index in [1.807, 2.05) is 6.92 Å². The van der Waals surface area contributed by atoms with E-state index in [2.05, 4.69) is 5.32 Å². The third kappa shape index (κ3) is 4.72. The van der Waals surface area contributed by atoms with Gasteiger partial charge >= 0.3 is 12.0 Å². The van der Waals surface area contributed by atoms with Gasteiger partial charge in [0.2, 0.25) is 5.91 Å². The van der Waals surface area contributed by atoms with Gasteiger partial charge in [0, 0.05) is 18.0 Å².